The Kier molecular flexibility index (Phi) is 8.18. The first kappa shape index (κ1) is 21.6. The molecule has 1 aromatic carbocycles. The van der Waals surface area contributed by atoms with Gasteiger partial charge in [-0.1, -0.05) is 11.6 Å². The van der Waals surface area contributed by atoms with Crippen LogP contribution in [0.2, 0.25) is 5.02 Å². The average Bonchev–Trinajstić information content (AvgIpc) is 3.24. The summed E-state index contributed by atoms with van der Waals surface area (Å²) in [6, 6.07) is 5.88. The molecule has 0 aliphatic carbocycles. The van der Waals surface area contributed by atoms with Crippen LogP contribution in [0.25, 0.3) is 0 Å². The van der Waals surface area contributed by atoms with E-state index in [9.17, 15) is 0 Å². The average molecular weight is 426 g/mol. The second-order valence-electron chi connectivity index (χ2n) is 7.45. The van der Waals surface area contributed by atoms with Gasteiger partial charge in [0.05, 0.1) is 13.7 Å². The number of nitrogens with zero attached hydrogens (tertiary/aromatic N) is 1. The summed E-state index contributed by atoms with van der Waals surface area (Å²) >= 11 is 8.40. The molecule has 2 saturated heterocycles. The second kappa shape index (κ2) is 10.6. The van der Waals surface area contributed by atoms with Crippen molar-refractivity contribution in [1.29, 1.82) is 0 Å². The molecule has 0 radical (unpaired) electrons. The predicted octanol–water partition coefficient (Wildman–Crippen LogP) is 3.85. The van der Waals surface area contributed by atoms with Crippen LogP contribution in [0.3, 0.4) is 0 Å². The molecular weight excluding hydrogens is 394 g/mol. The molecule has 2 fully saturated rings. The highest BCUT2D eigenvalue weighted by Crippen LogP contribution is 2.41. The summed E-state index contributed by atoms with van der Waals surface area (Å²) in [6.45, 7) is 6.06. The number of methoxy groups -OCH3 is 1. The van der Waals surface area contributed by atoms with Crippen molar-refractivity contribution >= 4 is 29.3 Å². The fourth-order valence-electron chi connectivity index (χ4n) is 3.96. The van der Waals surface area contributed by atoms with Gasteiger partial charge in [0, 0.05) is 47.6 Å². The van der Waals surface area contributed by atoms with Crippen LogP contribution in [0.15, 0.2) is 23.2 Å². The number of ether oxygens (including phenoxy) is 2. The number of halogens is 1. The van der Waals surface area contributed by atoms with Gasteiger partial charge in [0.25, 0.3) is 0 Å². The summed E-state index contributed by atoms with van der Waals surface area (Å²) in [5, 5.41) is 8.36. The molecule has 5 nitrogen and oxygen atoms in total. The molecule has 0 saturated carbocycles. The molecule has 2 aliphatic heterocycles. The smallest absolute Gasteiger partial charge is 0.191 e. The van der Waals surface area contributed by atoms with Gasteiger partial charge in [-0.2, -0.15) is 11.8 Å². The molecule has 0 spiro atoms. The van der Waals surface area contributed by atoms with Crippen molar-refractivity contribution in [2.24, 2.45) is 4.99 Å². The molecule has 2 heterocycles. The number of nitrogens with one attached hydrogen (secondary N) is 2. The molecule has 1 unspecified atom stereocenters. The van der Waals surface area contributed by atoms with Crippen molar-refractivity contribution in [2.75, 3.05) is 45.7 Å². The summed E-state index contributed by atoms with van der Waals surface area (Å²) in [4.78, 5) is 4.98. The van der Waals surface area contributed by atoms with Gasteiger partial charge >= 0.3 is 0 Å². The molecule has 3 rings (SSSR count). The molecular formula is C21H32ClN3O2S. The summed E-state index contributed by atoms with van der Waals surface area (Å²) in [6.07, 6.45) is 4.43. The Morgan fingerprint density at radius 2 is 2.18 bits per heavy atom. The predicted molar refractivity (Wildman–Crippen MR) is 119 cm³/mol. The molecule has 156 valence electrons. The standard InChI is InChI=1S/C21H32ClN3O2S/c1-3-23-20(24-14-17-5-4-12-28-17)25-15-21(8-10-27-11-9-21)18-13-16(22)6-7-19(18)26-2/h6-7,13,17H,3-5,8-12,14-15H2,1-2H3,(H2,23,24,25). The first-order valence-electron chi connectivity index (χ1n) is 10.2. The SMILES string of the molecule is CCNC(=NCC1(c2cc(Cl)ccc2OC)CCOCC1)NCC1CCCS1. The lowest BCUT2D eigenvalue weighted by atomic mass is 9.73. The highest BCUT2D eigenvalue weighted by atomic mass is 35.5. The van der Waals surface area contributed by atoms with Gasteiger partial charge in [0.2, 0.25) is 0 Å². The van der Waals surface area contributed by atoms with Crippen molar-refractivity contribution in [3.05, 3.63) is 28.8 Å². The highest BCUT2D eigenvalue weighted by Gasteiger charge is 2.37. The Bertz CT molecular complexity index is 659. The van der Waals surface area contributed by atoms with Crippen molar-refractivity contribution in [3.8, 4) is 5.75 Å². The van der Waals surface area contributed by atoms with Crippen LogP contribution in [-0.4, -0.2) is 56.9 Å². The normalized spacial score (nSPS) is 22.1. The van der Waals surface area contributed by atoms with E-state index in [1.165, 1.54) is 18.6 Å². The minimum Gasteiger partial charge on any atom is -0.496 e. The summed E-state index contributed by atoms with van der Waals surface area (Å²) in [5.74, 6) is 3.04. The molecule has 0 bridgehead atoms. The largest absolute Gasteiger partial charge is 0.496 e. The maximum Gasteiger partial charge on any atom is 0.191 e. The number of guanidine groups is 1. The third-order valence-corrected chi connectivity index (χ3v) is 7.22. The number of rotatable bonds is 7. The first-order chi connectivity index (χ1) is 13.7. The Morgan fingerprint density at radius 3 is 2.86 bits per heavy atom. The lowest BCUT2D eigenvalue weighted by molar-refractivity contribution is 0.0523. The van der Waals surface area contributed by atoms with Gasteiger partial charge in [0.15, 0.2) is 5.96 Å². The maximum atomic E-state index is 6.34. The number of benzene rings is 1. The van der Waals surface area contributed by atoms with Crippen LogP contribution in [0, 0.1) is 0 Å². The number of hydrogen-bond acceptors (Lipinski definition) is 4. The molecule has 2 aliphatic rings. The van der Waals surface area contributed by atoms with Gasteiger partial charge in [-0.25, -0.2) is 0 Å². The summed E-state index contributed by atoms with van der Waals surface area (Å²) in [7, 11) is 1.72. The van der Waals surface area contributed by atoms with Crippen LogP contribution < -0.4 is 15.4 Å². The van der Waals surface area contributed by atoms with E-state index in [-0.39, 0.29) is 5.41 Å². The fourth-order valence-corrected chi connectivity index (χ4v) is 5.33. The van der Waals surface area contributed by atoms with Crippen LogP contribution in [0.1, 0.15) is 38.2 Å². The number of aliphatic imine (C=N–C) groups is 1. The zero-order valence-corrected chi connectivity index (χ0v) is 18.5. The summed E-state index contributed by atoms with van der Waals surface area (Å²) in [5.41, 5.74) is 1.01. The van der Waals surface area contributed by atoms with E-state index in [0.717, 1.165) is 61.4 Å². The maximum absolute atomic E-state index is 6.34. The fraction of sp³-hybridized carbons (Fsp3) is 0.667. The van der Waals surface area contributed by atoms with Gasteiger partial charge < -0.3 is 20.1 Å². The number of thioether (sulfide) groups is 1. The van der Waals surface area contributed by atoms with Gasteiger partial charge in [0.1, 0.15) is 5.75 Å². The monoisotopic (exact) mass is 425 g/mol. The van der Waals surface area contributed by atoms with Crippen molar-refractivity contribution in [3.63, 3.8) is 0 Å². The van der Waals surface area contributed by atoms with Crippen molar-refractivity contribution in [1.82, 2.24) is 10.6 Å². The zero-order valence-electron chi connectivity index (χ0n) is 16.9. The molecule has 7 heteroatoms. The Labute approximate surface area is 178 Å². The molecule has 28 heavy (non-hydrogen) atoms. The molecule has 0 amide bonds. The highest BCUT2D eigenvalue weighted by molar-refractivity contribution is 8.00. The Hall–Kier alpha value is -1.11. The molecule has 2 N–H and O–H groups in total. The zero-order chi connectivity index (χ0) is 19.8. The van der Waals surface area contributed by atoms with E-state index in [2.05, 4.69) is 29.3 Å². The second-order valence-corrected chi connectivity index (χ2v) is 9.29. The van der Waals surface area contributed by atoms with E-state index in [4.69, 9.17) is 26.1 Å². The van der Waals surface area contributed by atoms with E-state index in [1.807, 2.05) is 18.2 Å². The van der Waals surface area contributed by atoms with Crippen molar-refractivity contribution < 1.29 is 9.47 Å². The topological polar surface area (TPSA) is 54.9 Å². The lowest BCUT2D eigenvalue weighted by Gasteiger charge is -2.37. The number of hydrogen-bond donors (Lipinski definition) is 2. The van der Waals surface area contributed by atoms with Gasteiger partial charge in [-0.15, -0.1) is 0 Å². The van der Waals surface area contributed by atoms with Crippen LogP contribution in [-0.2, 0) is 10.2 Å². The molecule has 1 aromatic rings. The summed E-state index contributed by atoms with van der Waals surface area (Å²) < 4.78 is 11.3. The van der Waals surface area contributed by atoms with Crippen LogP contribution in [0.4, 0.5) is 0 Å². The third-order valence-electron chi connectivity index (χ3n) is 5.59. The Balaban J connectivity index is 1.80. The molecule has 0 aromatic heterocycles. The van der Waals surface area contributed by atoms with E-state index in [0.29, 0.717) is 11.8 Å². The van der Waals surface area contributed by atoms with Crippen molar-refractivity contribution in [2.45, 2.75) is 43.3 Å². The minimum absolute atomic E-state index is 0.126. The van der Waals surface area contributed by atoms with E-state index in [1.54, 1.807) is 7.11 Å². The van der Waals surface area contributed by atoms with Gasteiger partial charge in [-0.05, 0) is 56.6 Å². The lowest BCUT2D eigenvalue weighted by Crippen LogP contribution is -2.43. The molecule has 1 atom stereocenters. The van der Waals surface area contributed by atoms with E-state index < -0.39 is 0 Å². The first-order valence-corrected chi connectivity index (χ1v) is 11.6. The van der Waals surface area contributed by atoms with E-state index >= 15 is 0 Å². The van der Waals surface area contributed by atoms with Gasteiger partial charge in [-0.3, -0.25) is 4.99 Å². The third kappa shape index (κ3) is 5.49. The van der Waals surface area contributed by atoms with Crippen LogP contribution in [0.5, 0.6) is 5.75 Å². The quantitative estimate of drug-likeness (QED) is 0.513. The minimum atomic E-state index is -0.126. The van der Waals surface area contributed by atoms with Crippen LogP contribution >= 0.6 is 23.4 Å². The Morgan fingerprint density at radius 1 is 1.36 bits per heavy atom.